The third-order valence-corrected chi connectivity index (χ3v) is 8.03. The Labute approximate surface area is 253 Å². The third kappa shape index (κ3) is 5.85. The maximum atomic E-state index is 4.88. The SMILES string of the molecule is C1=CC2N=C(c3cccc(C4=NC5C=CC(C6CCCC6)=CC5=N4)n3)N=C2C=C1C1CCCC1.[Cl-].[Cl-].[Cl-].[Co+3]. The molecule has 0 aromatic carbocycles. The molecule has 7 rings (SSSR count). The van der Waals surface area contributed by atoms with E-state index in [9.17, 15) is 0 Å². The first kappa shape index (κ1) is 30.7. The molecule has 0 bridgehead atoms. The molecule has 2 fully saturated rings. The van der Waals surface area contributed by atoms with E-state index >= 15 is 0 Å². The third-order valence-electron chi connectivity index (χ3n) is 8.03. The summed E-state index contributed by atoms with van der Waals surface area (Å²) in [5.74, 6) is 2.79. The van der Waals surface area contributed by atoms with Crippen LogP contribution in [0.2, 0.25) is 0 Å². The summed E-state index contributed by atoms with van der Waals surface area (Å²) in [5.41, 5.74) is 6.51. The smallest absolute Gasteiger partial charge is 1.00 e. The molecule has 6 aliphatic rings. The van der Waals surface area contributed by atoms with Gasteiger partial charge in [0.1, 0.15) is 23.5 Å². The molecule has 0 N–H and O–H groups in total. The number of hydrogen-bond donors (Lipinski definition) is 0. The Bertz CT molecular complexity index is 1200. The molecule has 5 nitrogen and oxygen atoms in total. The molecule has 2 aliphatic heterocycles. The van der Waals surface area contributed by atoms with E-state index in [2.05, 4.69) is 36.5 Å². The van der Waals surface area contributed by atoms with Gasteiger partial charge in [-0.3, -0.25) is 9.98 Å². The summed E-state index contributed by atoms with van der Waals surface area (Å²) in [6.45, 7) is 0. The Hall–Kier alpha value is -1.83. The zero-order valence-corrected chi connectivity index (χ0v) is 24.2. The molecule has 0 saturated heterocycles. The molecule has 3 heterocycles. The van der Waals surface area contributed by atoms with E-state index in [4.69, 9.17) is 25.0 Å². The zero-order valence-electron chi connectivity index (χ0n) is 20.9. The molecule has 2 unspecified atom stereocenters. The van der Waals surface area contributed by atoms with Crippen LogP contribution in [0.5, 0.6) is 0 Å². The van der Waals surface area contributed by atoms with Crippen LogP contribution in [0, 0.1) is 11.8 Å². The van der Waals surface area contributed by atoms with Gasteiger partial charge in [-0.25, -0.2) is 15.0 Å². The van der Waals surface area contributed by atoms with Gasteiger partial charge in [0.25, 0.3) is 0 Å². The van der Waals surface area contributed by atoms with Gasteiger partial charge in [0.2, 0.25) is 0 Å². The van der Waals surface area contributed by atoms with Gasteiger partial charge >= 0.3 is 16.8 Å². The van der Waals surface area contributed by atoms with Crippen LogP contribution in [-0.2, 0) is 16.8 Å². The van der Waals surface area contributed by atoms with E-state index in [1.54, 1.807) is 0 Å². The van der Waals surface area contributed by atoms with Gasteiger partial charge < -0.3 is 37.2 Å². The van der Waals surface area contributed by atoms with Crippen LogP contribution in [0.4, 0.5) is 0 Å². The molecule has 200 valence electrons. The quantitative estimate of drug-likeness (QED) is 0.350. The molecule has 0 spiro atoms. The summed E-state index contributed by atoms with van der Waals surface area (Å²) >= 11 is 0. The first-order valence-electron chi connectivity index (χ1n) is 12.9. The summed E-state index contributed by atoms with van der Waals surface area (Å²) in [4.78, 5) is 24.3. The van der Waals surface area contributed by atoms with Crippen LogP contribution < -0.4 is 37.2 Å². The monoisotopic (exact) mass is 611 g/mol. The number of allylic oxidation sites excluding steroid dienone is 4. The minimum Gasteiger partial charge on any atom is -1.00 e. The number of fused-ring (bicyclic) bond motifs is 2. The Balaban J connectivity index is 0.000001000. The predicted molar refractivity (Wildman–Crippen MR) is 138 cm³/mol. The molecule has 38 heavy (non-hydrogen) atoms. The van der Waals surface area contributed by atoms with Gasteiger partial charge in [0.15, 0.2) is 11.7 Å². The van der Waals surface area contributed by atoms with Gasteiger partial charge in [0, 0.05) is 0 Å². The summed E-state index contributed by atoms with van der Waals surface area (Å²) < 4.78 is 0. The van der Waals surface area contributed by atoms with E-state index in [1.807, 2.05) is 18.2 Å². The van der Waals surface area contributed by atoms with E-state index in [0.717, 1.165) is 22.8 Å². The number of aromatic nitrogens is 1. The fraction of sp³-hybridized carbons (Fsp3) is 0.414. The molecule has 9 heteroatoms. The number of aliphatic imine (C=N–C) groups is 4. The van der Waals surface area contributed by atoms with Crippen LogP contribution in [0.25, 0.3) is 0 Å². The molecule has 1 aromatic rings. The van der Waals surface area contributed by atoms with Crippen LogP contribution in [-0.4, -0.2) is 40.2 Å². The van der Waals surface area contributed by atoms with Gasteiger partial charge in [-0.2, -0.15) is 0 Å². The summed E-state index contributed by atoms with van der Waals surface area (Å²) in [6.07, 6.45) is 24.0. The molecule has 0 amide bonds. The topological polar surface area (TPSA) is 62.3 Å². The van der Waals surface area contributed by atoms with Crippen molar-refractivity contribution >= 4 is 23.1 Å². The van der Waals surface area contributed by atoms with Crippen LogP contribution in [0.15, 0.2) is 85.8 Å². The number of amidine groups is 2. The van der Waals surface area contributed by atoms with Crippen LogP contribution in [0.3, 0.4) is 0 Å². The maximum absolute atomic E-state index is 4.88. The Morgan fingerprint density at radius 1 is 0.605 bits per heavy atom. The number of nitrogens with zero attached hydrogens (tertiary/aromatic N) is 5. The first-order chi connectivity index (χ1) is 16.8. The van der Waals surface area contributed by atoms with Crippen molar-refractivity contribution in [1.29, 1.82) is 0 Å². The van der Waals surface area contributed by atoms with Gasteiger partial charge in [-0.15, -0.1) is 0 Å². The van der Waals surface area contributed by atoms with Crippen molar-refractivity contribution in [3.63, 3.8) is 0 Å². The molecule has 0 radical (unpaired) electrons. The van der Waals surface area contributed by atoms with Crippen molar-refractivity contribution < 1.29 is 54.0 Å². The average Bonchev–Trinajstić information content (AvgIpc) is 3.69. The molecular weight excluding hydrogens is 584 g/mol. The molecule has 2 atom stereocenters. The van der Waals surface area contributed by atoms with Crippen LogP contribution >= 0.6 is 0 Å². The van der Waals surface area contributed by atoms with Crippen molar-refractivity contribution in [1.82, 2.24) is 4.98 Å². The molecule has 2 saturated carbocycles. The first-order valence-corrected chi connectivity index (χ1v) is 12.9. The van der Waals surface area contributed by atoms with Gasteiger partial charge in [-0.1, -0.05) is 56.1 Å². The van der Waals surface area contributed by atoms with Crippen molar-refractivity contribution in [2.24, 2.45) is 31.8 Å². The van der Waals surface area contributed by atoms with E-state index in [1.165, 1.54) is 62.5 Å². The van der Waals surface area contributed by atoms with Crippen molar-refractivity contribution in [3.05, 3.63) is 77.2 Å². The zero-order chi connectivity index (χ0) is 22.5. The summed E-state index contributed by atoms with van der Waals surface area (Å²) in [5, 5.41) is 0. The van der Waals surface area contributed by atoms with Crippen molar-refractivity contribution in [2.75, 3.05) is 0 Å². The minimum absolute atomic E-state index is 0. The second-order valence-electron chi connectivity index (χ2n) is 10.2. The Morgan fingerprint density at radius 2 is 1.03 bits per heavy atom. The fourth-order valence-corrected chi connectivity index (χ4v) is 6.15. The normalized spacial score (nSPS) is 25.3. The molecule has 4 aliphatic carbocycles. The van der Waals surface area contributed by atoms with Crippen molar-refractivity contribution in [2.45, 2.75) is 63.5 Å². The number of rotatable bonds is 4. The second kappa shape index (κ2) is 13.0. The fourth-order valence-electron chi connectivity index (χ4n) is 6.15. The maximum Gasteiger partial charge on any atom is 3.00 e. The number of halogens is 3. The van der Waals surface area contributed by atoms with E-state index in [-0.39, 0.29) is 66.1 Å². The standard InChI is InChI=1S/C29H29N5.3ClH.Co/c1-2-7-18(6-1)20-12-14-22-26(16-20)33-28(31-22)24-10-5-11-25(30-24)29-32-23-15-13-21(17-27(23)34-29)19-8-3-4-9-19;;;;/h5,10-19,22-23H,1-4,6-9H2;3*1H;/q;;;;+3/p-3. The van der Waals surface area contributed by atoms with E-state index in [0.29, 0.717) is 23.5 Å². The molecule has 1 aromatic heterocycles. The van der Waals surface area contributed by atoms with Crippen LogP contribution in [0.1, 0.15) is 62.8 Å². The summed E-state index contributed by atoms with van der Waals surface area (Å²) in [6, 6.07) is 6.02. The van der Waals surface area contributed by atoms with Crippen molar-refractivity contribution in [3.8, 4) is 0 Å². The second-order valence-corrected chi connectivity index (χ2v) is 10.2. The Kier molecular flexibility index (Phi) is 10.5. The van der Waals surface area contributed by atoms with Gasteiger partial charge in [-0.05, 0) is 73.0 Å². The summed E-state index contributed by atoms with van der Waals surface area (Å²) in [7, 11) is 0. The average molecular weight is 613 g/mol. The molecular formula is C29H29Cl3CoN5. The largest absolute Gasteiger partial charge is 3.00 e. The number of hydrogen-bond acceptors (Lipinski definition) is 5. The number of pyridine rings is 1. The predicted octanol–water partition coefficient (Wildman–Crippen LogP) is -3.40. The van der Waals surface area contributed by atoms with Gasteiger partial charge in [0.05, 0.1) is 11.4 Å². The minimum atomic E-state index is 0. The Morgan fingerprint density at radius 3 is 1.45 bits per heavy atom. The van der Waals surface area contributed by atoms with E-state index < -0.39 is 0 Å².